The maximum atomic E-state index is 11.6. The summed E-state index contributed by atoms with van der Waals surface area (Å²) < 4.78 is 6.57. The summed E-state index contributed by atoms with van der Waals surface area (Å²) in [6.07, 6.45) is -0.323. The van der Waals surface area contributed by atoms with Crippen LogP contribution in [0, 0.1) is 6.92 Å². The Morgan fingerprint density at radius 2 is 2.41 bits per heavy atom. The highest BCUT2D eigenvalue weighted by Crippen LogP contribution is 2.27. The van der Waals surface area contributed by atoms with Gasteiger partial charge in [-0.05, 0) is 6.92 Å². The predicted molar refractivity (Wildman–Crippen MR) is 59.3 cm³/mol. The van der Waals surface area contributed by atoms with E-state index >= 15 is 0 Å². The molecule has 2 heterocycles. The van der Waals surface area contributed by atoms with Gasteiger partial charge in [-0.3, -0.25) is 4.57 Å². The van der Waals surface area contributed by atoms with Crippen LogP contribution in [0.4, 0.5) is 5.82 Å². The Morgan fingerprint density at radius 3 is 3.00 bits per heavy atom. The average molecular weight is 241 g/mol. The summed E-state index contributed by atoms with van der Waals surface area (Å²) >= 11 is 0. The molecule has 17 heavy (non-hydrogen) atoms. The second kappa shape index (κ2) is 4.44. The van der Waals surface area contributed by atoms with Gasteiger partial charge in [-0.25, -0.2) is 4.79 Å². The number of aliphatic hydroxyl groups is 2. The Balaban J connectivity index is 2.35. The molecule has 4 N–H and O–H groups in total. The van der Waals surface area contributed by atoms with Crippen molar-refractivity contribution in [3.63, 3.8) is 0 Å². The summed E-state index contributed by atoms with van der Waals surface area (Å²) in [4.78, 5) is 15.3. The van der Waals surface area contributed by atoms with Gasteiger partial charge in [-0.15, -0.1) is 0 Å². The van der Waals surface area contributed by atoms with Gasteiger partial charge in [0.15, 0.2) is 6.23 Å². The highest BCUT2D eigenvalue weighted by Gasteiger charge is 2.35. The third kappa shape index (κ3) is 2.17. The summed E-state index contributed by atoms with van der Waals surface area (Å²) in [6.45, 7) is 1.52. The topological polar surface area (TPSA) is 111 Å². The summed E-state index contributed by atoms with van der Waals surface area (Å²) in [5.74, 6) is 0.164. The fourth-order valence-corrected chi connectivity index (χ4v) is 1.86. The molecule has 1 fully saturated rings. The smallest absolute Gasteiger partial charge is 0.351 e. The van der Waals surface area contributed by atoms with Crippen molar-refractivity contribution in [1.82, 2.24) is 9.55 Å². The van der Waals surface area contributed by atoms with E-state index in [1.54, 1.807) is 6.92 Å². The van der Waals surface area contributed by atoms with Crippen LogP contribution in [0.5, 0.6) is 0 Å². The van der Waals surface area contributed by atoms with Crippen LogP contribution >= 0.6 is 0 Å². The lowest BCUT2D eigenvalue weighted by molar-refractivity contribution is -0.0530. The molecule has 0 spiro atoms. The molecule has 1 aliphatic rings. The molecule has 0 aromatic carbocycles. The largest absolute Gasteiger partial charge is 0.394 e. The van der Waals surface area contributed by atoms with Gasteiger partial charge in [-0.1, -0.05) is 0 Å². The van der Waals surface area contributed by atoms with Gasteiger partial charge in [0.25, 0.3) is 0 Å². The van der Waals surface area contributed by atoms with Crippen molar-refractivity contribution in [2.45, 2.75) is 31.8 Å². The lowest BCUT2D eigenvalue weighted by Crippen LogP contribution is -2.32. The van der Waals surface area contributed by atoms with Crippen molar-refractivity contribution in [2.75, 3.05) is 12.3 Å². The van der Waals surface area contributed by atoms with Crippen molar-refractivity contribution in [3.05, 3.63) is 22.2 Å². The molecule has 0 saturated carbocycles. The van der Waals surface area contributed by atoms with Crippen LogP contribution in [0.25, 0.3) is 0 Å². The van der Waals surface area contributed by atoms with Crippen LogP contribution in [0.2, 0.25) is 0 Å². The first-order valence-electron chi connectivity index (χ1n) is 5.32. The molecule has 7 nitrogen and oxygen atoms in total. The molecule has 1 aromatic heterocycles. The first-order valence-corrected chi connectivity index (χ1v) is 5.32. The number of ether oxygens (including phenoxy) is 1. The molecule has 0 unspecified atom stereocenters. The number of rotatable bonds is 2. The zero-order valence-electron chi connectivity index (χ0n) is 9.41. The second-order valence-corrected chi connectivity index (χ2v) is 4.13. The highest BCUT2D eigenvalue weighted by molar-refractivity contribution is 5.35. The van der Waals surface area contributed by atoms with Gasteiger partial charge < -0.3 is 20.7 Å². The third-order valence-electron chi connectivity index (χ3n) is 2.82. The van der Waals surface area contributed by atoms with Crippen molar-refractivity contribution >= 4 is 5.82 Å². The van der Waals surface area contributed by atoms with Crippen LogP contribution < -0.4 is 11.4 Å². The van der Waals surface area contributed by atoms with Gasteiger partial charge in [0, 0.05) is 18.2 Å². The van der Waals surface area contributed by atoms with Crippen molar-refractivity contribution in [2.24, 2.45) is 0 Å². The summed E-state index contributed by atoms with van der Waals surface area (Å²) in [7, 11) is 0. The van der Waals surface area contributed by atoms with Gasteiger partial charge in [-0.2, -0.15) is 4.98 Å². The minimum absolute atomic E-state index is 0.164. The van der Waals surface area contributed by atoms with Gasteiger partial charge >= 0.3 is 5.69 Å². The number of aliphatic hydroxyl groups excluding tert-OH is 2. The molecule has 0 amide bonds. The number of nitrogen functional groups attached to an aromatic ring is 1. The van der Waals surface area contributed by atoms with Crippen LogP contribution in [-0.4, -0.2) is 38.6 Å². The van der Waals surface area contributed by atoms with E-state index in [1.165, 1.54) is 10.8 Å². The van der Waals surface area contributed by atoms with Crippen LogP contribution in [0.15, 0.2) is 11.0 Å². The quantitative estimate of drug-likeness (QED) is 0.598. The van der Waals surface area contributed by atoms with Gasteiger partial charge in [0.2, 0.25) is 0 Å². The van der Waals surface area contributed by atoms with E-state index in [0.717, 1.165) is 0 Å². The number of anilines is 1. The monoisotopic (exact) mass is 241 g/mol. The van der Waals surface area contributed by atoms with Crippen molar-refractivity contribution in [1.29, 1.82) is 0 Å². The lowest BCUT2D eigenvalue weighted by atomic mass is 10.2. The lowest BCUT2D eigenvalue weighted by Gasteiger charge is -2.17. The van der Waals surface area contributed by atoms with Crippen LogP contribution in [0.1, 0.15) is 18.2 Å². The minimum atomic E-state index is -0.838. The first-order chi connectivity index (χ1) is 8.02. The third-order valence-corrected chi connectivity index (χ3v) is 2.82. The van der Waals surface area contributed by atoms with Crippen molar-refractivity contribution in [3.8, 4) is 0 Å². The number of aryl methyl sites for hydroxylation is 1. The number of hydrogen-bond acceptors (Lipinski definition) is 6. The Morgan fingerprint density at radius 1 is 1.71 bits per heavy atom. The van der Waals surface area contributed by atoms with E-state index in [4.69, 9.17) is 15.6 Å². The Hall–Kier alpha value is -1.44. The number of nitrogens with zero attached hydrogens (tertiary/aromatic N) is 2. The van der Waals surface area contributed by atoms with E-state index < -0.39 is 24.1 Å². The van der Waals surface area contributed by atoms with E-state index in [1.807, 2.05) is 0 Å². The number of aromatic nitrogens is 2. The molecule has 1 saturated heterocycles. The molecule has 7 heteroatoms. The molecule has 0 radical (unpaired) electrons. The standard InChI is InChI=1S/C10H15N3O4/c1-5-3-13(10(16)12-8(5)11)9-7(15)2-6(4-14)17-9/h3,6-7,9,14-15H,2,4H2,1H3,(H2,11,12,16)/t6-,7-,9+/m0/s1. The average Bonchev–Trinajstić information content (AvgIpc) is 2.65. The fraction of sp³-hybridized carbons (Fsp3) is 0.600. The van der Waals surface area contributed by atoms with Crippen LogP contribution in [0.3, 0.4) is 0 Å². The number of nitrogens with two attached hydrogens (primary N) is 1. The molecular formula is C10H15N3O4. The molecule has 0 aliphatic carbocycles. The Kier molecular flexibility index (Phi) is 3.14. The highest BCUT2D eigenvalue weighted by atomic mass is 16.5. The Bertz CT molecular complexity index is 473. The number of hydrogen-bond donors (Lipinski definition) is 3. The molecule has 2 rings (SSSR count). The maximum absolute atomic E-state index is 11.6. The summed E-state index contributed by atoms with van der Waals surface area (Å²) in [5, 5.41) is 18.7. The molecule has 94 valence electrons. The summed E-state index contributed by atoms with van der Waals surface area (Å²) in [6, 6.07) is 0. The minimum Gasteiger partial charge on any atom is -0.394 e. The Labute approximate surface area is 97.5 Å². The van der Waals surface area contributed by atoms with E-state index in [-0.39, 0.29) is 18.8 Å². The SMILES string of the molecule is Cc1cn([C@@H]2O[C@H](CO)C[C@@H]2O)c(=O)nc1N. The zero-order valence-corrected chi connectivity index (χ0v) is 9.41. The molecular weight excluding hydrogens is 226 g/mol. The zero-order chi connectivity index (χ0) is 12.6. The molecule has 3 atom stereocenters. The molecule has 1 aliphatic heterocycles. The van der Waals surface area contributed by atoms with E-state index in [9.17, 15) is 9.90 Å². The maximum Gasteiger partial charge on any atom is 0.351 e. The molecule has 0 bridgehead atoms. The normalized spacial score (nSPS) is 28.5. The van der Waals surface area contributed by atoms with E-state index in [0.29, 0.717) is 5.56 Å². The van der Waals surface area contributed by atoms with Crippen LogP contribution in [-0.2, 0) is 4.74 Å². The first kappa shape index (κ1) is 12.0. The fourth-order valence-electron chi connectivity index (χ4n) is 1.86. The summed E-state index contributed by atoms with van der Waals surface area (Å²) in [5.41, 5.74) is 5.57. The second-order valence-electron chi connectivity index (χ2n) is 4.13. The van der Waals surface area contributed by atoms with Gasteiger partial charge in [0.1, 0.15) is 11.9 Å². The van der Waals surface area contributed by atoms with E-state index in [2.05, 4.69) is 4.98 Å². The molecule has 1 aromatic rings. The van der Waals surface area contributed by atoms with Gasteiger partial charge in [0.05, 0.1) is 12.7 Å². The van der Waals surface area contributed by atoms with Crippen molar-refractivity contribution < 1.29 is 14.9 Å². The predicted octanol–water partition coefficient (Wildman–Crippen LogP) is -1.23.